The number of halogens is 1. The molecule has 1 heterocycles. The number of carbonyl (C=O) groups is 3. The molecular formula is C17H15ClN2O4. The summed E-state index contributed by atoms with van der Waals surface area (Å²) < 4.78 is 4.62. The monoisotopic (exact) mass is 346 g/mol. The van der Waals surface area contributed by atoms with Crippen molar-refractivity contribution in [3.05, 3.63) is 58.9 Å². The molecule has 0 saturated carbocycles. The molecule has 1 amide bonds. The molecule has 0 radical (unpaired) electrons. The summed E-state index contributed by atoms with van der Waals surface area (Å²) in [5.41, 5.74) is 1.02. The maximum atomic E-state index is 12.0. The van der Waals surface area contributed by atoms with Crippen molar-refractivity contribution in [1.29, 1.82) is 0 Å². The molecule has 0 atom stereocenters. The molecule has 1 N–H and O–H groups in total. The zero-order valence-corrected chi connectivity index (χ0v) is 13.7. The molecule has 7 heteroatoms. The molecule has 24 heavy (non-hydrogen) atoms. The van der Waals surface area contributed by atoms with Crippen molar-refractivity contribution in [1.82, 2.24) is 4.98 Å². The van der Waals surface area contributed by atoms with Crippen molar-refractivity contribution in [3.63, 3.8) is 0 Å². The van der Waals surface area contributed by atoms with Crippen molar-refractivity contribution in [2.45, 2.75) is 12.8 Å². The van der Waals surface area contributed by atoms with Gasteiger partial charge in [-0.3, -0.25) is 14.6 Å². The van der Waals surface area contributed by atoms with Gasteiger partial charge in [-0.1, -0.05) is 11.6 Å². The number of nitrogens with zero attached hydrogens (tertiary/aromatic N) is 1. The van der Waals surface area contributed by atoms with Crippen LogP contribution in [0, 0.1) is 0 Å². The summed E-state index contributed by atoms with van der Waals surface area (Å²) in [6, 6.07) is 7.79. The highest BCUT2D eigenvalue weighted by Gasteiger charge is 2.13. The van der Waals surface area contributed by atoms with Crippen LogP contribution in [0.25, 0.3) is 0 Å². The topological polar surface area (TPSA) is 85.4 Å². The molecule has 2 aromatic rings. The summed E-state index contributed by atoms with van der Waals surface area (Å²) in [5.74, 6) is -1.10. The minimum atomic E-state index is -0.595. The number of hydrogen-bond acceptors (Lipinski definition) is 5. The number of aromatic nitrogens is 1. The Balaban J connectivity index is 1.95. The molecule has 1 aromatic carbocycles. The van der Waals surface area contributed by atoms with Crippen LogP contribution in [0.1, 0.15) is 33.6 Å². The van der Waals surface area contributed by atoms with E-state index >= 15 is 0 Å². The second-order valence-electron chi connectivity index (χ2n) is 4.90. The number of ketones is 1. The summed E-state index contributed by atoms with van der Waals surface area (Å²) in [7, 11) is 1.24. The van der Waals surface area contributed by atoms with Crippen LogP contribution in [0.4, 0.5) is 5.69 Å². The molecule has 0 aliphatic rings. The number of rotatable bonds is 6. The minimum Gasteiger partial charge on any atom is -0.465 e. The molecule has 0 unspecified atom stereocenters. The smallest absolute Gasteiger partial charge is 0.339 e. The average Bonchev–Trinajstić information content (AvgIpc) is 2.61. The van der Waals surface area contributed by atoms with Crippen LogP contribution >= 0.6 is 11.6 Å². The van der Waals surface area contributed by atoms with Crippen molar-refractivity contribution < 1.29 is 19.1 Å². The lowest BCUT2D eigenvalue weighted by Gasteiger charge is -2.08. The lowest BCUT2D eigenvalue weighted by atomic mass is 10.1. The van der Waals surface area contributed by atoms with E-state index in [9.17, 15) is 14.4 Å². The quantitative estimate of drug-likeness (QED) is 0.641. The van der Waals surface area contributed by atoms with Crippen LogP contribution in [0.3, 0.4) is 0 Å². The maximum Gasteiger partial charge on any atom is 0.339 e. The molecular weight excluding hydrogens is 332 g/mol. The molecule has 0 saturated heterocycles. The zero-order valence-electron chi connectivity index (χ0n) is 12.9. The Morgan fingerprint density at radius 1 is 1.21 bits per heavy atom. The second-order valence-corrected chi connectivity index (χ2v) is 5.31. The van der Waals surface area contributed by atoms with E-state index in [1.807, 2.05) is 0 Å². The fourth-order valence-corrected chi connectivity index (χ4v) is 2.19. The Morgan fingerprint density at radius 2 is 2.00 bits per heavy atom. The third-order valence-corrected chi connectivity index (χ3v) is 3.55. The highest BCUT2D eigenvalue weighted by Crippen LogP contribution is 2.21. The van der Waals surface area contributed by atoms with Gasteiger partial charge in [-0.2, -0.15) is 0 Å². The van der Waals surface area contributed by atoms with Gasteiger partial charge in [0.05, 0.1) is 17.7 Å². The Morgan fingerprint density at radius 3 is 2.67 bits per heavy atom. The molecule has 6 nitrogen and oxygen atoms in total. The maximum absolute atomic E-state index is 12.0. The van der Waals surface area contributed by atoms with E-state index in [1.165, 1.54) is 25.4 Å². The van der Waals surface area contributed by atoms with E-state index in [2.05, 4.69) is 15.0 Å². The molecule has 0 aliphatic carbocycles. The number of Topliss-reactive ketones (excluding diaryl/α,β-unsaturated/α-hetero) is 1. The lowest BCUT2D eigenvalue weighted by molar-refractivity contribution is -0.116. The number of amides is 1. The van der Waals surface area contributed by atoms with E-state index in [0.717, 1.165) is 0 Å². The van der Waals surface area contributed by atoms with Gasteiger partial charge in [0.1, 0.15) is 0 Å². The number of benzene rings is 1. The van der Waals surface area contributed by atoms with E-state index in [0.29, 0.717) is 11.3 Å². The predicted molar refractivity (Wildman–Crippen MR) is 89.2 cm³/mol. The van der Waals surface area contributed by atoms with Gasteiger partial charge in [0.15, 0.2) is 5.78 Å². The number of carbonyl (C=O) groups excluding carboxylic acids is 3. The molecule has 2 rings (SSSR count). The van der Waals surface area contributed by atoms with Crippen molar-refractivity contribution >= 4 is 34.9 Å². The van der Waals surface area contributed by atoms with Crippen LogP contribution in [0.5, 0.6) is 0 Å². The van der Waals surface area contributed by atoms with E-state index in [4.69, 9.17) is 11.6 Å². The second kappa shape index (κ2) is 8.21. The average molecular weight is 347 g/mol. The molecule has 0 spiro atoms. The third kappa shape index (κ3) is 4.63. The highest BCUT2D eigenvalue weighted by atomic mass is 35.5. The first-order valence-corrected chi connectivity index (χ1v) is 7.50. The normalized spacial score (nSPS) is 10.1. The zero-order chi connectivity index (χ0) is 17.5. The number of ether oxygens (including phenoxy) is 1. The number of nitrogens with one attached hydrogen (secondary N) is 1. The molecule has 1 aromatic heterocycles. The lowest BCUT2D eigenvalue weighted by Crippen LogP contribution is -2.14. The van der Waals surface area contributed by atoms with Crippen LogP contribution in [0.15, 0.2) is 42.7 Å². The molecule has 0 aliphatic heterocycles. The molecule has 124 valence electrons. The first-order chi connectivity index (χ1) is 11.5. The highest BCUT2D eigenvalue weighted by molar-refractivity contribution is 6.33. The number of pyridine rings is 1. The Hall–Kier alpha value is -2.73. The number of methoxy groups -OCH3 is 1. The van der Waals surface area contributed by atoms with Crippen molar-refractivity contribution in [3.8, 4) is 0 Å². The summed E-state index contributed by atoms with van der Waals surface area (Å²) in [6.45, 7) is 0. The Labute approximate surface area is 143 Å². The minimum absolute atomic E-state index is 0.0178. The van der Waals surface area contributed by atoms with Crippen LogP contribution in [-0.2, 0) is 9.53 Å². The third-order valence-electron chi connectivity index (χ3n) is 3.22. The summed E-state index contributed by atoms with van der Waals surface area (Å²) in [4.78, 5) is 39.3. The van der Waals surface area contributed by atoms with E-state index in [1.54, 1.807) is 24.4 Å². The standard InChI is InChI=1S/C17H15ClN2O4/c1-24-17(23)13-9-12(4-5-14(13)18)20-16(22)7-6-15(21)11-3-2-8-19-10-11/h2-5,8-10H,6-7H2,1H3,(H,20,22). The van der Waals surface area contributed by atoms with Gasteiger partial charge in [-0.25, -0.2) is 4.79 Å². The van der Waals surface area contributed by atoms with E-state index < -0.39 is 5.97 Å². The van der Waals surface area contributed by atoms with Crippen molar-refractivity contribution in [2.75, 3.05) is 12.4 Å². The summed E-state index contributed by atoms with van der Waals surface area (Å²) in [5, 5.41) is 2.85. The summed E-state index contributed by atoms with van der Waals surface area (Å²) >= 11 is 5.91. The van der Waals surface area contributed by atoms with Gasteiger partial charge >= 0.3 is 5.97 Å². The van der Waals surface area contributed by atoms with Gasteiger partial charge in [0.25, 0.3) is 0 Å². The summed E-state index contributed by atoms with van der Waals surface area (Å²) in [6.07, 6.45) is 3.11. The Bertz CT molecular complexity index is 762. The molecule has 0 fully saturated rings. The van der Waals surface area contributed by atoms with Gasteiger partial charge in [0, 0.05) is 36.5 Å². The number of anilines is 1. The van der Waals surface area contributed by atoms with Gasteiger partial charge in [0.2, 0.25) is 5.91 Å². The fourth-order valence-electron chi connectivity index (χ4n) is 1.99. The van der Waals surface area contributed by atoms with Crippen LogP contribution in [0.2, 0.25) is 5.02 Å². The van der Waals surface area contributed by atoms with Crippen LogP contribution in [-0.4, -0.2) is 29.8 Å². The largest absolute Gasteiger partial charge is 0.465 e. The number of hydrogen-bond donors (Lipinski definition) is 1. The Kier molecular flexibility index (Phi) is 6.03. The van der Waals surface area contributed by atoms with Crippen molar-refractivity contribution in [2.24, 2.45) is 0 Å². The SMILES string of the molecule is COC(=O)c1cc(NC(=O)CCC(=O)c2cccnc2)ccc1Cl. The number of esters is 1. The predicted octanol–water partition coefficient (Wildman–Crippen LogP) is 3.12. The first-order valence-electron chi connectivity index (χ1n) is 7.12. The van der Waals surface area contributed by atoms with Crippen LogP contribution < -0.4 is 5.32 Å². The van der Waals surface area contributed by atoms with Gasteiger partial charge in [-0.15, -0.1) is 0 Å². The fraction of sp³-hybridized carbons (Fsp3) is 0.176. The van der Waals surface area contributed by atoms with Gasteiger partial charge < -0.3 is 10.1 Å². The van der Waals surface area contributed by atoms with Gasteiger partial charge in [-0.05, 0) is 30.3 Å². The van der Waals surface area contributed by atoms with E-state index in [-0.39, 0.29) is 35.1 Å². The first kappa shape index (κ1) is 17.6. The molecule has 0 bridgehead atoms.